The second-order valence-electron chi connectivity index (χ2n) is 4.15. The summed E-state index contributed by atoms with van der Waals surface area (Å²) < 4.78 is 4.73. The van der Waals surface area contributed by atoms with Crippen LogP contribution in [0.15, 0.2) is 18.2 Å². The summed E-state index contributed by atoms with van der Waals surface area (Å²) in [5, 5.41) is 2.48. The SMILES string of the molecule is CCOC(=O)CNC(=O)c1cc(N(C)C)ccc1N. The van der Waals surface area contributed by atoms with E-state index in [-0.39, 0.29) is 13.2 Å². The molecule has 1 aromatic carbocycles. The average molecular weight is 265 g/mol. The van der Waals surface area contributed by atoms with E-state index in [1.807, 2.05) is 25.1 Å². The molecule has 0 aromatic heterocycles. The van der Waals surface area contributed by atoms with Crippen LogP contribution in [-0.4, -0.2) is 39.1 Å². The van der Waals surface area contributed by atoms with Crippen LogP contribution in [0.4, 0.5) is 11.4 Å². The summed E-state index contributed by atoms with van der Waals surface area (Å²) in [6.07, 6.45) is 0. The Morgan fingerprint density at radius 2 is 2.05 bits per heavy atom. The summed E-state index contributed by atoms with van der Waals surface area (Å²) in [4.78, 5) is 25.0. The Kier molecular flexibility index (Phi) is 5.17. The molecule has 0 spiro atoms. The van der Waals surface area contributed by atoms with Crippen molar-refractivity contribution in [2.75, 3.05) is 37.9 Å². The van der Waals surface area contributed by atoms with Crippen molar-refractivity contribution < 1.29 is 14.3 Å². The zero-order valence-corrected chi connectivity index (χ0v) is 11.4. The van der Waals surface area contributed by atoms with Crippen molar-refractivity contribution in [3.63, 3.8) is 0 Å². The first kappa shape index (κ1) is 14.8. The number of rotatable bonds is 5. The van der Waals surface area contributed by atoms with Gasteiger partial charge in [-0.25, -0.2) is 0 Å². The van der Waals surface area contributed by atoms with E-state index >= 15 is 0 Å². The summed E-state index contributed by atoms with van der Waals surface area (Å²) in [6, 6.07) is 5.15. The number of carbonyl (C=O) groups excluding carboxylic acids is 2. The Bertz CT molecular complexity index is 472. The molecule has 0 aliphatic rings. The molecule has 0 fully saturated rings. The summed E-state index contributed by atoms with van der Waals surface area (Å²) in [6.45, 7) is 1.82. The first-order valence-electron chi connectivity index (χ1n) is 5.96. The molecular formula is C13H19N3O3. The van der Waals surface area contributed by atoms with Gasteiger partial charge < -0.3 is 20.7 Å². The molecule has 0 saturated heterocycles. The van der Waals surface area contributed by atoms with Crippen LogP contribution in [0.5, 0.6) is 0 Å². The Morgan fingerprint density at radius 3 is 2.63 bits per heavy atom. The number of carbonyl (C=O) groups is 2. The molecule has 0 unspecified atom stereocenters. The van der Waals surface area contributed by atoms with Crippen molar-refractivity contribution in [2.24, 2.45) is 0 Å². The third-order valence-electron chi connectivity index (χ3n) is 2.50. The fraction of sp³-hybridized carbons (Fsp3) is 0.385. The second-order valence-corrected chi connectivity index (χ2v) is 4.15. The molecule has 3 N–H and O–H groups in total. The van der Waals surface area contributed by atoms with Crippen LogP contribution in [0.1, 0.15) is 17.3 Å². The zero-order chi connectivity index (χ0) is 14.4. The summed E-state index contributed by atoms with van der Waals surface area (Å²) in [5.41, 5.74) is 7.33. The van der Waals surface area contributed by atoms with Gasteiger partial charge in [0.05, 0.1) is 12.2 Å². The molecule has 1 rings (SSSR count). The largest absolute Gasteiger partial charge is 0.465 e. The Hall–Kier alpha value is -2.24. The lowest BCUT2D eigenvalue weighted by Gasteiger charge is -2.15. The summed E-state index contributed by atoms with van der Waals surface area (Å²) in [5.74, 6) is -0.868. The van der Waals surface area contributed by atoms with Crippen LogP contribution < -0.4 is 16.0 Å². The Morgan fingerprint density at radius 1 is 1.37 bits per heavy atom. The van der Waals surface area contributed by atoms with Crippen molar-refractivity contribution in [3.8, 4) is 0 Å². The van der Waals surface area contributed by atoms with Crippen molar-refractivity contribution in [2.45, 2.75) is 6.92 Å². The molecule has 0 bridgehead atoms. The van der Waals surface area contributed by atoms with Crippen molar-refractivity contribution in [1.29, 1.82) is 0 Å². The number of ether oxygens (including phenoxy) is 1. The normalized spacial score (nSPS) is 9.84. The van der Waals surface area contributed by atoms with Crippen molar-refractivity contribution in [1.82, 2.24) is 5.32 Å². The molecule has 1 amide bonds. The number of esters is 1. The first-order valence-corrected chi connectivity index (χ1v) is 5.96. The average Bonchev–Trinajstić information content (AvgIpc) is 2.36. The van der Waals surface area contributed by atoms with E-state index in [0.29, 0.717) is 11.3 Å². The molecule has 19 heavy (non-hydrogen) atoms. The van der Waals surface area contributed by atoms with E-state index in [1.165, 1.54) is 0 Å². The van der Waals surface area contributed by atoms with Gasteiger partial charge in [-0.3, -0.25) is 9.59 Å². The van der Waals surface area contributed by atoms with E-state index in [0.717, 1.165) is 5.69 Å². The number of nitrogens with two attached hydrogens (primary N) is 1. The molecule has 1 aromatic rings. The van der Waals surface area contributed by atoms with Crippen LogP contribution in [0.3, 0.4) is 0 Å². The maximum absolute atomic E-state index is 11.9. The molecule has 0 aliphatic carbocycles. The van der Waals surface area contributed by atoms with Crippen LogP contribution in [0.25, 0.3) is 0 Å². The van der Waals surface area contributed by atoms with Gasteiger partial charge in [0, 0.05) is 25.5 Å². The zero-order valence-electron chi connectivity index (χ0n) is 11.4. The number of anilines is 2. The fourth-order valence-corrected chi connectivity index (χ4v) is 1.48. The minimum Gasteiger partial charge on any atom is -0.465 e. The minimum atomic E-state index is -0.474. The predicted molar refractivity (Wildman–Crippen MR) is 74.1 cm³/mol. The van der Waals surface area contributed by atoms with Crippen molar-refractivity contribution in [3.05, 3.63) is 23.8 Å². The van der Waals surface area contributed by atoms with Crippen LogP contribution >= 0.6 is 0 Å². The number of nitrogen functional groups attached to an aromatic ring is 1. The van der Waals surface area contributed by atoms with Gasteiger partial charge in [-0.15, -0.1) is 0 Å². The number of hydrogen-bond acceptors (Lipinski definition) is 5. The molecular weight excluding hydrogens is 246 g/mol. The lowest BCUT2D eigenvalue weighted by Crippen LogP contribution is -2.31. The standard InChI is InChI=1S/C13H19N3O3/c1-4-19-12(17)8-15-13(18)10-7-9(16(2)3)5-6-11(10)14/h5-7H,4,8,14H2,1-3H3,(H,15,18). The van der Waals surface area contributed by atoms with Gasteiger partial charge in [-0.1, -0.05) is 0 Å². The molecule has 0 aliphatic heterocycles. The highest BCUT2D eigenvalue weighted by atomic mass is 16.5. The first-order chi connectivity index (χ1) is 8.95. The number of hydrogen-bond donors (Lipinski definition) is 2. The summed E-state index contributed by atoms with van der Waals surface area (Å²) in [7, 11) is 3.73. The van der Waals surface area contributed by atoms with E-state index in [2.05, 4.69) is 5.32 Å². The van der Waals surface area contributed by atoms with E-state index in [1.54, 1.807) is 19.1 Å². The van der Waals surface area contributed by atoms with Crippen LogP contribution in [0.2, 0.25) is 0 Å². The van der Waals surface area contributed by atoms with Gasteiger partial charge in [-0.05, 0) is 25.1 Å². The highest BCUT2D eigenvalue weighted by molar-refractivity contribution is 6.01. The van der Waals surface area contributed by atoms with Crippen molar-refractivity contribution >= 4 is 23.3 Å². The number of amides is 1. The highest BCUT2D eigenvalue weighted by Gasteiger charge is 2.12. The number of benzene rings is 1. The number of nitrogens with zero attached hydrogens (tertiary/aromatic N) is 1. The maximum Gasteiger partial charge on any atom is 0.325 e. The van der Waals surface area contributed by atoms with Gasteiger partial charge in [-0.2, -0.15) is 0 Å². The van der Waals surface area contributed by atoms with E-state index < -0.39 is 11.9 Å². The van der Waals surface area contributed by atoms with Gasteiger partial charge >= 0.3 is 5.97 Å². The van der Waals surface area contributed by atoms with Crippen LogP contribution in [-0.2, 0) is 9.53 Å². The fourth-order valence-electron chi connectivity index (χ4n) is 1.48. The van der Waals surface area contributed by atoms with Gasteiger partial charge in [0.15, 0.2) is 0 Å². The maximum atomic E-state index is 11.9. The highest BCUT2D eigenvalue weighted by Crippen LogP contribution is 2.19. The van der Waals surface area contributed by atoms with Gasteiger partial charge in [0.25, 0.3) is 5.91 Å². The van der Waals surface area contributed by atoms with E-state index in [4.69, 9.17) is 10.5 Å². The second kappa shape index (κ2) is 6.63. The molecule has 104 valence electrons. The smallest absolute Gasteiger partial charge is 0.325 e. The molecule has 6 heteroatoms. The quantitative estimate of drug-likeness (QED) is 0.602. The van der Waals surface area contributed by atoms with E-state index in [9.17, 15) is 9.59 Å². The topological polar surface area (TPSA) is 84.7 Å². The van der Waals surface area contributed by atoms with Gasteiger partial charge in [0.2, 0.25) is 0 Å². The molecule has 6 nitrogen and oxygen atoms in total. The van der Waals surface area contributed by atoms with Gasteiger partial charge in [0.1, 0.15) is 6.54 Å². The summed E-state index contributed by atoms with van der Waals surface area (Å²) >= 11 is 0. The third-order valence-corrected chi connectivity index (χ3v) is 2.50. The lowest BCUT2D eigenvalue weighted by molar-refractivity contribution is -0.141. The minimum absolute atomic E-state index is 0.168. The molecule has 0 radical (unpaired) electrons. The Balaban J connectivity index is 2.76. The number of nitrogens with one attached hydrogen (secondary N) is 1. The lowest BCUT2D eigenvalue weighted by atomic mass is 10.1. The molecule has 0 atom stereocenters. The third kappa shape index (κ3) is 4.17. The molecule has 0 heterocycles. The Labute approximate surface area is 112 Å². The van der Waals surface area contributed by atoms with Crippen LogP contribution in [0, 0.1) is 0 Å². The monoisotopic (exact) mass is 265 g/mol. The predicted octanol–water partition coefficient (Wildman–Crippen LogP) is 0.628. The molecule has 0 saturated carbocycles.